The minimum Gasteiger partial charge on any atom is -0.382 e. The lowest BCUT2D eigenvalue weighted by atomic mass is 10.4. The molecule has 0 aliphatic heterocycles. The normalized spacial score (nSPS) is 11.8. The van der Waals surface area contributed by atoms with Crippen LogP contribution in [-0.2, 0) is 0 Å². The number of hydrogen-bond donors (Lipinski definition) is 10. The standard InChI is InChI=1S/C19H30Cl2N16O2/c20-10-14(24)34-12(22)8(32-10)16(38)36-18(26)30-5-1-3-28-7-29-4-2-6-31-19(27)37-17(39)9-13(23)35-15(25)11(21)33-9/h28-29H,1-7H2,(H4,22,24,34)(H4,23,25,35)(H3,26,30,36,38)(H3,27,31,37,39). The number of carbonyl (C=O) groups excluding carboxylic acids is 2. The summed E-state index contributed by atoms with van der Waals surface area (Å²) in [6.45, 7) is 2.55. The Morgan fingerprint density at radius 1 is 0.667 bits per heavy atom. The molecule has 2 aromatic rings. The van der Waals surface area contributed by atoms with Gasteiger partial charge in [-0.2, -0.15) is 0 Å². The van der Waals surface area contributed by atoms with Crippen LogP contribution in [0.2, 0.25) is 10.3 Å². The zero-order chi connectivity index (χ0) is 28.9. The first kappa shape index (κ1) is 31.0. The largest absolute Gasteiger partial charge is 0.382 e. The van der Waals surface area contributed by atoms with Crippen LogP contribution < -0.4 is 55.7 Å². The number of carbonyl (C=O) groups is 2. The molecule has 0 spiro atoms. The van der Waals surface area contributed by atoms with E-state index in [1.54, 1.807) is 0 Å². The van der Waals surface area contributed by atoms with Crippen molar-refractivity contribution >= 4 is 70.2 Å². The fraction of sp³-hybridized carbons (Fsp3) is 0.368. The highest BCUT2D eigenvalue weighted by Crippen LogP contribution is 2.18. The van der Waals surface area contributed by atoms with Gasteiger partial charge in [-0.3, -0.25) is 30.2 Å². The van der Waals surface area contributed by atoms with Crippen molar-refractivity contribution in [1.82, 2.24) is 41.2 Å². The van der Waals surface area contributed by atoms with Crippen LogP contribution in [0, 0.1) is 0 Å². The highest BCUT2D eigenvalue weighted by atomic mass is 35.5. The summed E-state index contributed by atoms with van der Waals surface area (Å²) in [6, 6.07) is 0. The highest BCUT2D eigenvalue weighted by molar-refractivity contribution is 6.32. The van der Waals surface area contributed by atoms with Crippen LogP contribution in [0.5, 0.6) is 0 Å². The zero-order valence-electron chi connectivity index (χ0n) is 20.7. The second kappa shape index (κ2) is 15.2. The van der Waals surface area contributed by atoms with Crippen molar-refractivity contribution in [3.05, 3.63) is 21.7 Å². The monoisotopic (exact) mass is 584 g/mol. The third-order valence-electron chi connectivity index (χ3n) is 4.56. The van der Waals surface area contributed by atoms with E-state index < -0.39 is 11.8 Å². The minimum atomic E-state index is -0.704. The molecule has 2 heterocycles. The number of nitrogen functional groups attached to an aromatic ring is 4. The van der Waals surface area contributed by atoms with Gasteiger partial charge in [0.05, 0.1) is 0 Å². The first-order chi connectivity index (χ1) is 18.5. The number of hydrogen-bond acceptors (Lipinski definition) is 14. The molecule has 0 radical (unpaired) electrons. The molecule has 0 aromatic carbocycles. The van der Waals surface area contributed by atoms with E-state index in [-0.39, 0.29) is 56.9 Å². The predicted molar refractivity (Wildman–Crippen MR) is 150 cm³/mol. The molecule has 18 nitrogen and oxygen atoms in total. The van der Waals surface area contributed by atoms with Gasteiger partial charge in [0.15, 0.2) is 56.9 Å². The van der Waals surface area contributed by atoms with Crippen LogP contribution in [0.4, 0.5) is 23.3 Å². The molecule has 0 bridgehead atoms. The van der Waals surface area contributed by atoms with Gasteiger partial charge in [-0.25, -0.2) is 19.9 Å². The molecular weight excluding hydrogens is 555 g/mol. The Kier molecular flexibility index (Phi) is 12.1. The Labute approximate surface area is 232 Å². The summed E-state index contributed by atoms with van der Waals surface area (Å²) >= 11 is 11.5. The maximum atomic E-state index is 12.2. The van der Waals surface area contributed by atoms with E-state index >= 15 is 0 Å². The van der Waals surface area contributed by atoms with E-state index in [1.807, 2.05) is 0 Å². The Balaban J connectivity index is 1.56. The summed E-state index contributed by atoms with van der Waals surface area (Å²) in [5.74, 6) is -2.14. The Bertz CT molecular complexity index is 1140. The third kappa shape index (κ3) is 10.2. The maximum absolute atomic E-state index is 12.2. The first-order valence-electron chi connectivity index (χ1n) is 11.3. The zero-order valence-corrected chi connectivity index (χ0v) is 22.2. The van der Waals surface area contributed by atoms with Crippen molar-refractivity contribution < 1.29 is 9.59 Å². The van der Waals surface area contributed by atoms with E-state index in [2.05, 4.69) is 51.2 Å². The highest BCUT2D eigenvalue weighted by Gasteiger charge is 2.17. The first-order valence-corrected chi connectivity index (χ1v) is 12.1. The van der Waals surface area contributed by atoms with E-state index in [4.69, 9.17) is 57.6 Å². The lowest BCUT2D eigenvalue weighted by Crippen LogP contribution is -2.38. The van der Waals surface area contributed by atoms with Gasteiger partial charge in [0.1, 0.15) is 0 Å². The number of rotatable bonds is 12. The molecule has 0 fully saturated rings. The van der Waals surface area contributed by atoms with Crippen molar-refractivity contribution in [2.45, 2.75) is 12.8 Å². The number of amides is 2. The van der Waals surface area contributed by atoms with Crippen molar-refractivity contribution in [2.75, 3.05) is 55.8 Å². The summed E-state index contributed by atoms with van der Waals surface area (Å²) < 4.78 is 0. The minimum absolute atomic E-state index is 0.0855. The van der Waals surface area contributed by atoms with Crippen LogP contribution in [0.25, 0.3) is 0 Å². The van der Waals surface area contributed by atoms with Crippen molar-refractivity contribution in [1.29, 1.82) is 0 Å². The average molecular weight is 585 g/mol. The number of nitrogens with two attached hydrogens (primary N) is 6. The number of guanidine groups is 2. The number of nitrogens with zero attached hydrogens (tertiary/aromatic N) is 6. The quantitative estimate of drug-likeness (QED) is 0.0538. The molecule has 20 heteroatoms. The number of anilines is 4. The summed E-state index contributed by atoms with van der Waals surface area (Å²) in [6.07, 6.45) is 1.31. The number of nitrogens with one attached hydrogen (secondary N) is 4. The average Bonchev–Trinajstić information content (AvgIpc) is 2.86. The molecule has 2 amide bonds. The summed E-state index contributed by atoms with van der Waals surface area (Å²) in [5.41, 5.74) is 33.2. The van der Waals surface area contributed by atoms with E-state index in [1.165, 1.54) is 0 Å². The predicted octanol–water partition coefficient (Wildman–Crippen LogP) is -2.39. The van der Waals surface area contributed by atoms with Crippen LogP contribution in [0.3, 0.4) is 0 Å². The summed E-state index contributed by atoms with van der Waals surface area (Å²) in [5, 5.41) is 10.8. The van der Waals surface area contributed by atoms with Crippen LogP contribution in [0.15, 0.2) is 9.98 Å². The third-order valence-corrected chi connectivity index (χ3v) is 5.12. The smallest absolute Gasteiger partial charge is 0.280 e. The van der Waals surface area contributed by atoms with Crippen LogP contribution in [0.1, 0.15) is 33.8 Å². The van der Waals surface area contributed by atoms with Gasteiger partial charge in [-0.05, 0) is 25.9 Å². The Hall–Kier alpha value is -4.26. The van der Waals surface area contributed by atoms with Gasteiger partial charge in [0.25, 0.3) is 11.8 Å². The lowest BCUT2D eigenvalue weighted by Gasteiger charge is -2.08. The molecule has 2 rings (SSSR count). The van der Waals surface area contributed by atoms with Crippen molar-refractivity contribution in [3.8, 4) is 0 Å². The van der Waals surface area contributed by atoms with Crippen LogP contribution >= 0.6 is 23.2 Å². The molecule has 39 heavy (non-hydrogen) atoms. The fourth-order valence-corrected chi connectivity index (χ4v) is 2.97. The molecule has 212 valence electrons. The van der Waals surface area contributed by atoms with Crippen molar-refractivity contribution in [3.63, 3.8) is 0 Å². The Morgan fingerprint density at radius 3 is 1.44 bits per heavy atom. The molecule has 0 saturated carbocycles. The van der Waals surface area contributed by atoms with E-state index in [0.717, 1.165) is 0 Å². The summed E-state index contributed by atoms with van der Waals surface area (Å²) in [4.78, 5) is 47.5. The second-order valence-electron chi connectivity index (χ2n) is 7.59. The second-order valence-corrected chi connectivity index (χ2v) is 8.31. The van der Waals surface area contributed by atoms with Crippen LogP contribution in [-0.4, -0.2) is 76.5 Å². The molecule has 0 aliphatic carbocycles. The number of aromatic nitrogens is 4. The SMILES string of the molecule is NC(=NCCCNCNCCCN=C(N)NC(=O)c1nc(Cl)c(N)nc1N)NC(=O)c1nc(Cl)c(N)nc1N. The van der Waals surface area contributed by atoms with Gasteiger partial charge >= 0.3 is 0 Å². The van der Waals surface area contributed by atoms with Gasteiger partial charge in [-0.15, -0.1) is 0 Å². The molecule has 0 aliphatic rings. The van der Waals surface area contributed by atoms with E-state index in [9.17, 15) is 9.59 Å². The van der Waals surface area contributed by atoms with Gasteiger partial charge in [0, 0.05) is 19.8 Å². The molecule has 0 unspecified atom stereocenters. The number of aliphatic imine (C=N–C) groups is 2. The molecule has 16 N–H and O–H groups in total. The molecular formula is C19H30Cl2N16O2. The van der Waals surface area contributed by atoms with Gasteiger partial charge in [0.2, 0.25) is 0 Å². The lowest BCUT2D eigenvalue weighted by molar-refractivity contribution is 0.0964. The van der Waals surface area contributed by atoms with Crippen molar-refractivity contribution in [2.24, 2.45) is 21.5 Å². The van der Waals surface area contributed by atoms with Gasteiger partial charge in [-0.1, -0.05) is 23.2 Å². The molecule has 0 saturated heterocycles. The topological polar surface area (TPSA) is 315 Å². The Morgan fingerprint density at radius 2 is 1.05 bits per heavy atom. The fourth-order valence-electron chi connectivity index (χ4n) is 2.72. The van der Waals surface area contributed by atoms with Gasteiger partial charge < -0.3 is 45.0 Å². The van der Waals surface area contributed by atoms with E-state index in [0.29, 0.717) is 45.7 Å². The number of halogens is 2. The maximum Gasteiger partial charge on any atom is 0.280 e. The molecule has 2 aromatic heterocycles. The summed E-state index contributed by atoms with van der Waals surface area (Å²) in [7, 11) is 0. The molecule has 0 atom stereocenters.